The Kier molecular flexibility index (Phi) is 6.74. The molecule has 3 rings (SSSR count). The van der Waals surface area contributed by atoms with E-state index in [1.807, 2.05) is 43.3 Å². The van der Waals surface area contributed by atoms with E-state index in [1.54, 1.807) is 26.2 Å². The molecule has 1 amide bonds. The number of hydrogen-bond acceptors (Lipinski definition) is 4. The first-order valence-electron chi connectivity index (χ1n) is 9.41. The molecule has 2 aromatic carbocycles. The van der Waals surface area contributed by atoms with Gasteiger partial charge in [-0.15, -0.1) is 0 Å². The summed E-state index contributed by atoms with van der Waals surface area (Å²) in [6, 6.07) is 13.4. The second-order valence-electron chi connectivity index (χ2n) is 7.11. The van der Waals surface area contributed by atoms with E-state index in [2.05, 4.69) is 10.4 Å². The van der Waals surface area contributed by atoms with E-state index >= 15 is 0 Å². The first kappa shape index (κ1) is 21.8. The quantitative estimate of drug-likeness (QED) is 0.615. The molecule has 0 aliphatic heterocycles. The number of ether oxygens (including phenoxy) is 1. The Labute approximate surface area is 180 Å². The van der Waals surface area contributed by atoms with Gasteiger partial charge in [-0.3, -0.25) is 4.79 Å². The molecule has 158 valence electrons. The highest BCUT2D eigenvalue weighted by Crippen LogP contribution is 2.25. The van der Waals surface area contributed by atoms with Crippen molar-refractivity contribution in [2.75, 3.05) is 27.7 Å². The van der Waals surface area contributed by atoms with Gasteiger partial charge in [-0.1, -0.05) is 23.7 Å². The molecule has 0 saturated heterocycles. The standard InChI is InChI=1S/C22H24ClFN4O2/c1-14-20(21(23)28(26-14)17-10-8-16(24)9-11-17)22(29)25-13-19(27(2)3)15-6-5-7-18(12-15)30-4/h5-12,19H,13H2,1-4H3,(H,25,29). The zero-order valence-electron chi connectivity index (χ0n) is 17.3. The predicted molar refractivity (Wildman–Crippen MR) is 115 cm³/mol. The molecule has 0 radical (unpaired) electrons. The lowest BCUT2D eigenvalue weighted by Crippen LogP contribution is -2.34. The molecule has 1 heterocycles. The van der Waals surface area contributed by atoms with Crippen LogP contribution in [0.25, 0.3) is 5.69 Å². The zero-order chi connectivity index (χ0) is 21.8. The van der Waals surface area contributed by atoms with Crippen LogP contribution in [-0.4, -0.2) is 48.3 Å². The lowest BCUT2D eigenvalue weighted by atomic mass is 10.1. The third kappa shape index (κ3) is 4.63. The number of amides is 1. The van der Waals surface area contributed by atoms with Gasteiger partial charge >= 0.3 is 0 Å². The average molecular weight is 431 g/mol. The number of carbonyl (C=O) groups excluding carboxylic acids is 1. The first-order chi connectivity index (χ1) is 14.3. The Morgan fingerprint density at radius 3 is 2.60 bits per heavy atom. The molecule has 1 aromatic heterocycles. The maximum absolute atomic E-state index is 13.2. The van der Waals surface area contributed by atoms with E-state index < -0.39 is 0 Å². The second-order valence-corrected chi connectivity index (χ2v) is 7.46. The summed E-state index contributed by atoms with van der Waals surface area (Å²) < 4.78 is 19.9. The molecule has 30 heavy (non-hydrogen) atoms. The third-order valence-electron chi connectivity index (χ3n) is 4.86. The van der Waals surface area contributed by atoms with Crippen molar-refractivity contribution in [1.82, 2.24) is 20.0 Å². The van der Waals surface area contributed by atoms with Crippen molar-refractivity contribution in [2.45, 2.75) is 13.0 Å². The molecule has 0 bridgehead atoms. The van der Waals surface area contributed by atoms with E-state index in [0.29, 0.717) is 23.5 Å². The van der Waals surface area contributed by atoms with Gasteiger partial charge in [0.05, 0.1) is 30.1 Å². The van der Waals surface area contributed by atoms with Crippen molar-refractivity contribution >= 4 is 17.5 Å². The van der Waals surface area contributed by atoms with Gasteiger partial charge in [0.2, 0.25) is 0 Å². The largest absolute Gasteiger partial charge is 0.497 e. The lowest BCUT2D eigenvalue weighted by molar-refractivity contribution is 0.0941. The molecule has 0 saturated carbocycles. The van der Waals surface area contributed by atoms with Gasteiger partial charge in [-0.2, -0.15) is 5.10 Å². The Hall–Kier alpha value is -2.90. The molecule has 0 aliphatic carbocycles. The van der Waals surface area contributed by atoms with Crippen LogP contribution in [-0.2, 0) is 0 Å². The SMILES string of the molecule is COc1cccc(C(CNC(=O)c2c(C)nn(-c3ccc(F)cc3)c2Cl)N(C)C)c1. The number of aryl methyl sites for hydroxylation is 1. The van der Waals surface area contributed by atoms with Crippen LogP contribution in [0.2, 0.25) is 5.15 Å². The highest BCUT2D eigenvalue weighted by Gasteiger charge is 2.23. The number of methoxy groups -OCH3 is 1. The van der Waals surface area contributed by atoms with Crippen LogP contribution in [0.5, 0.6) is 5.75 Å². The predicted octanol–water partition coefficient (Wildman–Crippen LogP) is 4.01. The van der Waals surface area contributed by atoms with Crippen LogP contribution in [0.1, 0.15) is 27.7 Å². The number of nitrogens with one attached hydrogen (secondary N) is 1. The van der Waals surface area contributed by atoms with Crippen molar-refractivity contribution in [3.05, 3.63) is 76.3 Å². The molecule has 1 N–H and O–H groups in total. The Bertz CT molecular complexity index is 1030. The molecule has 0 aliphatic rings. The fourth-order valence-corrected chi connectivity index (χ4v) is 3.59. The van der Waals surface area contributed by atoms with Crippen molar-refractivity contribution in [1.29, 1.82) is 0 Å². The van der Waals surface area contributed by atoms with Crippen LogP contribution in [0.15, 0.2) is 48.5 Å². The Morgan fingerprint density at radius 1 is 1.27 bits per heavy atom. The van der Waals surface area contributed by atoms with Gasteiger partial charge in [0.15, 0.2) is 0 Å². The van der Waals surface area contributed by atoms with Gasteiger partial charge in [0.25, 0.3) is 5.91 Å². The molecule has 6 nitrogen and oxygen atoms in total. The Balaban J connectivity index is 1.80. The molecule has 0 spiro atoms. The van der Waals surface area contributed by atoms with E-state index in [0.717, 1.165) is 11.3 Å². The van der Waals surface area contributed by atoms with Crippen LogP contribution in [0, 0.1) is 12.7 Å². The van der Waals surface area contributed by atoms with Crippen LogP contribution < -0.4 is 10.1 Å². The number of nitrogens with zero attached hydrogens (tertiary/aromatic N) is 3. The van der Waals surface area contributed by atoms with Crippen LogP contribution in [0.4, 0.5) is 4.39 Å². The number of benzene rings is 2. The number of carbonyl (C=O) groups is 1. The summed E-state index contributed by atoms with van der Waals surface area (Å²) in [6.07, 6.45) is 0. The van der Waals surface area contributed by atoms with Gasteiger partial charge in [0, 0.05) is 6.54 Å². The molecule has 1 unspecified atom stereocenters. The van der Waals surface area contributed by atoms with Gasteiger partial charge in [-0.25, -0.2) is 9.07 Å². The molecule has 1 atom stereocenters. The number of hydrogen-bond donors (Lipinski definition) is 1. The maximum atomic E-state index is 13.2. The minimum atomic E-state index is -0.357. The van der Waals surface area contributed by atoms with Gasteiger partial charge in [0.1, 0.15) is 16.7 Å². The summed E-state index contributed by atoms with van der Waals surface area (Å²) in [7, 11) is 5.51. The van der Waals surface area contributed by atoms with Crippen molar-refractivity contribution in [2.24, 2.45) is 0 Å². The fraction of sp³-hybridized carbons (Fsp3) is 0.273. The van der Waals surface area contributed by atoms with Crippen LogP contribution in [0.3, 0.4) is 0 Å². The number of aromatic nitrogens is 2. The van der Waals surface area contributed by atoms with E-state index in [4.69, 9.17) is 16.3 Å². The molecular weight excluding hydrogens is 407 g/mol. The van der Waals surface area contributed by atoms with Gasteiger partial charge in [-0.05, 0) is 63.0 Å². The normalized spacial score (nSPS) is 12.1. The number of rotatable bonds is 7. The minimum Gasteiger partial charge on any atom is -0.497 e. The molecule has 0 fully saturated rings. The molecular formula is C22H24ClFN4O2. The summed E-state index contributed by atoms with van der Waals surface area (Å²) in [4.78, 5) is 14.9. The monoisotopic (exact) mass is 430 g/mol. The smallest absolute Gasteiger partial charge is 0.256 e. The highest BCUT2D eigenvalue weighted by atomic mass is 35.5. The highest BCUT2D eigenvalue weighted by molar-refractivity contribution is 6.33. The average Bonchev–Trinajstić information content (AvgIpc) is 3.02. The summed E-state index contributed by atoms with van der Waals surface area (Å²) in [5, 5.41) is 7.48. The second kappa shape index (κ2) is 9.28. The van der Waals surface area contributed by atoms with E-state index in [9.17, 15) is 9.18 Å². The van der Waals surface area contributed by atoms with Crippen molar-refractivity contribution < 1.29 is 13.9 Å². The molecule has 8 heteroatoms. The fourth-order valence-electron chi connectivity index (χ4n) is 3.24. The van der Waals surface area contributed by atoms with Crippen LogP contribution >= 0.6 is 11.6 Å². The summed E-state index contributed by atoms with van der Waals surface area (Å²) in [6.45, 7) is 2.09. The first-order valence-corrected chi connectivity index (χ1v) is 9.79. The number of likely N-dealkylation sites (N-methyl/N-ethyl adjacent to an activating group) is 1. The molecule has 3 aromatic rings. The summed E-state index contributed by atoms with van der Waals surface area (Å²) in [5.41, 5.74) is 2.38. The third-order valence-corrected chi connectivity index (χ3v) is 5.21. The topological polar surface area (TPSA) is 59.4 Å². The van der Waals surface area contributed by atoms with Crippen molar-refractivity contribution in [3.63, 3.8) is 0 Å². The maximum Gasteiger partial charge on any atom is 0.256 e. The van der Waals surface area contributed by atoms with Crippen molar-refractivity contribution in [3.8, 4) is 11.4 Å². The van der Waals surface area contributed by atoms with Gasteiger partial charge < -0.3 is 15.0 Å². The van der Waals surface area contributed by atoms with E-state index in [1.165, 1.54) is 16.8 Å². The number of halogens is 2. The summed E-state index contributed by atoms with van der Waals surface area (Å²) in [5.74, 6) is 0.0785. The zero-order valence-corrected chi connectivity index (χ0v) is 18.1. The Morgan fingerprint density at radius 2 is 1.97 bits per heavy atom. The lowest BCUT2D eigenvalue weighted by Gasteiger charge is -2.25. The van der Waals surface area contributed by atoms with E-state index in [-0.39, 0.29) is 22.9 Å². The summed E-state index contributed by atoms with van der Waals surface area (Å²) >= 11 is 6.45. The minimum absolute atomic E-state index is 0.0599.